The molecular weight excluding hydrogens is 378 g/mol. The first kappa shape index (κ1) is 20.1. The van der Waals surface area contributed by atoms with E-state index >= 15 is 0 Å². The van der Waals surface area contributed by atoms with E-state index in [-0.39, 0.29) is 36.0 Å². The van der Waals surface area contributed by atoms with Gasteiger partial charge in [-0.05, 0) is 43.5 Å². The minimum Gasteiger partial charge on any atom is -0.342 e. The van der Waals surface area contributed by atoms with Crippen LogP contribution in [0.25, 0.3) is 0 Å². The van der Waals surface area contributed by atoms with E-state index in [1.165, 1.54) is 0 Å². The van der Waals surface area contributed by atoms with Gasteiger partial charge in [-0.1, -0.05) is 36.4 Å². The molecule has 1 atom stereocenters. The molecule has 0 aromatic heterocycles. The zero-order valence-corrected chi connectivity index (χ0v) is 17.2. The van der Waals surface area contributed by atoms with Crippen molar-refractivity contribution in [1.29, 1.82) is 0 Å². The van der Waals surface area contributed by atoms with Gasteiger partial charge in [-0.3, -0.25) is 14.4 Å². The van der Waals surface area contributed by atoms with Crippen molar-refractivity contribution < 1.29 is 14.4 Å². The maximum Gasteiger partial charge on any atom is 0.228 e. The van der Waals surface area contributed by atoms with Crippen molar-refractivity contribution in [1.82, 2.24) is 4.90 Å². The molecule has 2 aromatic rings. The third-order valence-electron chi connectivity index (χ3n) is 6.12. The highest BCUT2D eigenvalue weighted by molar-refractivity contribution is 6.00. The number of nitrogens with one attached hydrogen (secondary N) is 1. The average Bonchev–Trinajstić information content (AvgIpc) is 3.17. The Bertz CT molecular complexity index is 936. The molecule has 1 unspecified atom stereocenters. The van der Waals surface area contributed by atoms with E-state index in [4.69, 9.17) is 0 Å². The molecule has 2 aromatic carbocycles. The predicted octanol–water partition coefficient (Wildman–Crippen LogP) is 3.23. The third kappa shape index (κ3) is 4.22. The number of rotatable bonds is 4. The van der Waals surface area contributed by atoms with Crippen LogP contribution < -0.4 is 10.2 Å². The summed E-state index contributed by atoms with van der Waals surface area (Å²) in [7, 11) is 0. The molecule has 2 fully saturated rings. The van der Waals surface area contributed by atoms with Gasteiger partial charge in [0.05, 0.1) is 5.92 Å². The highest BCUT2D eigenvalue weighted by Crippen LogP contribution is 2.28. The molecule has 156 valence electrons. The quantitative estimate of drug-likeness (QED) is 0.849. The van der Waals surface area contributed by atoms with Crippen molar-refractivity contribution in [2.45, 2.75) is 26.2 Å². The molecule has 0 aliphatic carbocycles. The van der Waals surface area contributed by atoms with Gasteiger partial charge in [0.2, 0.25) is 17.7 Å². The molecule has 30 heavy (non-hydrogen) atoms. The van der Waals surface area contributed by atoms with Crippen LogP contribution >= 0.6 is 0 Å². The fourth-order valence-corrected chi connectivity index (χ4v) is 4.30. The summed E-state index contributed by atoms with van der Waals surface area (Å²) < 4.78 is 0. The fraction of sp³-hybridized carbons (Fsp3) is 0.375. The summed E-state index contributed by atoms with van der Waals surface area (Å²) in [5.41, 5.74) is 2.71. The van der Waals surface area contributed by atoms with Gasteiger partial charge >= 0.3 is 0 Å². The molecule has 4 rings (SSSR count). The topological polar surface area (TPSA) is 69.7 Å². The summed E-state index contributed by atoms with van der Waals surface area (Å²) in [6, 6.07) is 17.2. The standard InChI is InChI=1S/C24H27N3O3/c1-17-7-5-6-10-21(17)25-23(29)18-11-13-26(14-12-18)24(30)19-15-22(28)27(16-19)20-8-3-2-4-9-20/h2-10,18-19H,11-16H2,1H3,(H,25,29). The molecular formula is C24H27N3O3. The molecule has 0 bridgehead atoms. The minimum atomic E-state index is -0.310. The largest absolute Gasteiger partial charge is 0.342 e. The summed E-state index contributed by atoms with van der Waals surface area (Å²) in [6.07, 6.45) is 1.54. The van der Waals surface area contributed by atoms with E-state index < -0.39 is 0 Å². The number of hydrogen-bond acceptors (Lipinski definition) is 3. The van der Waals surface area contributed by atoms with E-state index in [0.717, 1.165) is 16.9 Å². The Kier molecular flexibility index (Phi) is 5.84. The summed E-state index contributed by atoms with van der Waals surface area (Å²) in [6.45, 7) is 3.51. The molecule has 1 N–H and O–H groups in total. The van der Waals surface area contributed by atoms with Crippen molar-refractivity contribution in [3.05, 3.63) is 60.2 Å². The van der Waals surface area contributed by atoms with E-state index in [9.17, 15) is 14.4 Å². The van der Waals surface area contributed by atoms with Gasteiger partial charge in [-0.15, -0.1) is 0 Å². The number of amides is 3. The van der Waals surface area contributed by atoms with Gasteiger partial charge < -0.3 is 15.1 Å². The molecule has 2 aliphatic rings. The Labute approximate surface area is 176 Å². The summed E-state index contributed by atoms with van der Waals surface area (Å²) in [4.78, 5) is 41.6. The number of nitrogens with zero attached hydrogens (tertiary/aromatic N) is 2. The number of aryl methyl sites for hydroxylation is 1. The van der Waals surface area contributed by atoms with Crippen LogP contribution in [-0.4, -0.2) is 42.3 Å². The highest BCUT2D eigenvalue weighted by atomic mass is 16.2. The van der Waals surface area contributed by atoms with Crippen LogP contribution in [-0.2, 0) is 14.4 Å². The second-order valence-electron chi connectivity index (χ2n) is 8.14. The SMILES string of the molecule is Cc1ccccc1NC(=O)C1CCN(C(=O)C2CC(=O)N(c3ccccc3)C2)CC1. The van der Waals surface area contributed by atoms with Crippen LogP contribution in [0.4, 0.5) is 11.4 Å². The maximum absolute atomic E-state index is 13.0. The Hall–Kier alpha value is -3.15. The monoisotopic (exact) mass is 405 g/mol. The van der Waals surface area contributed by atoms with Crippen LogP contribution in [0.2, 0.25) is 0 Å². The smallest absolute Gasteiger partial charge is 0.228 e. The normalized spacial score (nSPS) is 19.8. The van der Waals surface area contributed by atoms with Gasteiger partial charge in [0.15, 0.2) is 0 Å². The molecule has 2 saturated heterocycles. The molecule has 3 amide bonds. The predicted molar refractivity (Wildman–Crippen MR) is 116 cm³/mol. The van der Waals surface area contributed by atoms with E-state index in [1.54, 1.807) is 4.90 Å². The Balaban J connectivity index is 1.31. The molecule has 6 heteroatoms. The minimum absolute atomic E-state index is 0.00737. The van der Waals surface area contributed by atoms with Crippen LogP contribution in [0.3, 0.4) is 0 Å². The lowest BCUT2D eigenvalue weighted by atomic mass is 9.94. The van der Waals surface area contributed by atoms with Gasteiger partial charge in [0.25, 0.3) is 0 Å². The number of benzene rings is 2. The zero-order chi connectivity index (χ0) is 21.1. The second kappa shape index (κ2) is 8.69. The zero-order valence-electron chi connectivity index (χ0n) is 17.2. The first-order valence-electron chi connectivity index (χ1n) is 10.5. The first-order valence-corrected chi connectivity index (χ1v) is 10.5. The summed E-state index contributed by atoms with van der Waals surface area (Å²) >= 11 is 0. The van der Waals surface area contributed by atoms with Crippen LogP contribution in [0.1, 0.15) is 24.8 Å². The fourth-order valence-electron chi connectivity index (χ4n) is 4.30. The van der Waals surface area contributed by atoms with Gasteiger partial charge in [-0.2, -0.15) is 0 Å². The highest BCUT2D eigenvalue weighted by Gasteiger charge is 2.38. The van der Waals surface area contributed by atoms with Crippen molar-refractivity contribution >= 4 is 29.1 Å². The van der Waals surface area contributed by atoms with Gasteiger partial charge in [0, 0.05) is 43.3 Å². The molecule has 0 radical (unpaired) electrons. The second-order valence-corrected chi connectivity index (χ2v) is 8.14. The average molecular weight is 405 g/mol. The number of piperidine rings is 1. The van der Waals surface area contributed by atoms with E-state index in [2.05, 4.69) is 5.32 Å². The van der Waals surface area contributed by atoms with Crippen LogP contribution in [0.15, 0.2) is 54.6 Å². The Morgan fingerprint density at radius 3 is 2.30 bits per heavy atom. The van der Waals surface area contributed by atoms with Gasteiger partial charge in [-0.25, -0.2) is 0 Å². The number of para-hydroxylation sites is 2. The Morgan fingerprint density at radius 1 is 0.933 bits per heavy atom. The Morgan fingerprint density at radius 2 is 1.60 bits per heavy atom. The maximum atomic E-state index is 13.0. The van der Waals surface area contributed by atoms with Crippen LogP contribution in [0, 0.1) is 18.8 Å². The van der Waals surface area contributed by atoms with E-state index in [1.807, 2.05) is 66.4 Å². The molecule has 2 aliphatic heterocycles. The number of likely N-dealkylation sites (tertiary alicyclic amines) is 1. The number of hydrogen-bond donors (Lipinski definition) is 1. The van der Waals surface area contributed by atoms with Crippen molar-refractivity contribution in [3.63, 3.8) is 0 Å². The van der Waals surface area contributed by atoms with Crippen molar-refractivity contribution in [2.75, 3.05) is 29.9 Å². The van der Waals surface area contributed by atoms with Crippen molar-refractivity contribution in [3.8, 4) is 0 Å². The summed E-state index contributed by atoms with van der Waals surface area (Å²) in [5.74, 6) is -0.371. The van der Waals surface area contributed by atoms with E-state index in [0.29, 0.717) is 32.5 Å². The molecule has 6 nitrogen and oxygen atoms in total. The number of carbonyl (C=O) groups is 3. The molecule has 0 spiro atoms. The lowest BCUT2D eigenvalue weighted by Gasteiger charge is -2.33. The number of carbonyl (C=O) groups excluding carboxylic acids is 3. The molecule has 2 heterocycles. The van der Waals surface area contributed by atoms with Crippen LogP contribution in [0.5, 0.6) is 0 Å². The third-order valence-corrected chi connectivity index (χ3v) is 6.12. The molecule has 0 saturated carbocycles. The lowest BCUT2D eigenvalue weighted by molar-refractivity contribution is -0.138. The number of anilines is 2. The lowest BCUT2D eigenvalue weighted by Crippen LogP contribution is -2.44. The van der Waals surface area contributed by atoms with Crippen molar-refractivity contribution in [2.24, 2.45) is 11.8 Å². The first-order chi connectivity index (χ1) is 14.5. The van der Waals surface area contributed by atoms with Gasteiger partial charge in [0.1, 0.15) is 0 Å². The summed E-state index contributed by atoms with van der Waals surface area (Å²) in [5, 5.41) is 3.02.